The van der Waals surface area contributed by atoms with Crippen molar-refractivity contribution < 1.29 is 13.9 Å². The van der Waals surface area contributed by atoms with Crippen LogP contribution in [0.2, 0.25) is 0 Å². The number of fused-ring (bicyclic) bond motifs is 1. The first kappa shape index (κ1) is 14.8. The van der Waals surface area contributed by atoms with Gasteiger partial charge in [-0.1, -0.05) is 0 Å². The van der Waals surface area contributed by atoms with E-state index in [1.54, 1.807) is 43.6 Å². The number of likely N-dealkylation sites (tertiary alicyclic amines) is 1. The molecule has 8 heteroatoms. The van der Waals surface area contributed by atoms with Crippen molar-refractivity contribution in [2.75, 3.05) is 13.7 Å². The molecule has 1 fully saturated rings. The van der Waals surface area contributed by atoms with E-state index >= 15 is 0 Å². The molecule has 0 aliphatic carbocycles. The van der Waals surface area contributed by atoms with Crippen molar-refractivity contribution in [1.82, 2.24) is 24.5 Å². The van der Waals surface area contributed by atoms with Crippen LogP contribution >= 0.6 is 0 Å². The number of furan rings is 1. The third kappa shape index (κ3) is 2.26. The highest BCUT2D eigenvalue weighted by molar-refractivity contribution is 5.95. The molecule has 1 saturated heterocycles. The monoisotopic (exact) mass is 327 g/mol. The molecule has 0 N–H and O–H groups in total. The standard InChI is InChI=1S/C16H17N5O3/c1-10-12(3-6-24-10)16(22)21-9-11(23-2)7-13(21)15-19-18-14-8-17-4-5-20(14)15/h3-6,8,11,13H,7,9H2,1-2H3/t11-,13+/m1/s1. The van der Waals surface area contributed by atoms with Crippen LogP contribution in [-0.4, -0.2) is 50.1 Å². The first-order valence-corrected chi connectivity index (χ1v) is 7.71. The second kappa shape index (κ2) is 5.72. The van der Waals surface area contributed by atoms with Gasteiger partial charge in [0.2, 0.25) is 0 Å². The van der Waals surface area contributed by atoms with Gasteiger partial charge in [0, 0.05) is 32.5 Å². The Morgan fingerprint density at radius 1 is 1.42 bits per heavy atom. The lowest BCUT2D eigenvalue weighted by molar-refractivity contribution is 0.0682. The normalized spacial score (nSPS) is 20.8. The summed E-state index contributed by atoms with van der Waals surface area (Å²) in [6, 6.07) is 1.48. The number of carbonyl (C=O) groups excluding carboxylic acids is 1. The second-order valence-electron chi connectivity index (χ2n) is 5.82. The minimum absolute atomic E-state index is 0.0413. The van der Waals surface area contributed by atoms with Crippen LogP contribution in [0.5, 0.6) is 0 Å². The second-order valence-corrected chi connectivity index (χ2v) is 5.82. The van der Waals surface area contributed by atoms with Gasteiger partial charge < -0.3 is 14.1 Å². The summed E-state index contributed by atoms with van der Waals surface area (Å²) in [4.78, 5) is 18.8. The van der Waals surface area contributed by atoms with Crippen molar-refractivity contribution in [3.63, 3.8) is 0 Å². The maximum Gasteiger partial charge on any atom is 0.258 e. The summed E-state index contributed by atoms with van der Waals surface area (Å²) in [5, 5.41) is 8.42. The van der Waals surface area contributed by atoms with E-state index in [1.165, 1.54) is 6.26 Å². The summed E-state index contributed by atoms with van der Waals surface area (Å²) in [5.41, 5.74) is 1.22. The lowest BCUT2D eigenvalue weighted by atomic mass is 10.1. The zero-order valence-electron chi connectivity index (χ0n) is 13.4. The summed E-state index contributed by atoms with van der Waals surface area (Å²) in [6.45, 7) is 2.29. The van der Waals surface area contributed by atoms with Crippen LogP contribution in [0.1, 0.15) is 34.4 Å². The number of aromatic nitrogens is 4. The van der Waals surface area contributed by atoms with Crippen LogP contribution in [0.25, 0.3) is 5.65 Å². The quantitative estimate of drug-likeness (QED) is 0.727. The largest absolute Gasteiger partial charge is 0.469 e. The molecule has 0 saturated carbocycles. The molecule has 4 rings (SSSR count). The van der Waals surface area contributed by atoms with Crippen LogP contribution in [0.4, 0.5) is 0 Å². The van der Waals surface area contributed by atoms with Gasteiger partial charge in [-0.25, -0.2) is 0 Å². The maximum atomic E-state index is 13.0. The third-order valence-corrected chi connectivity index (χ3v) is 4.48. The zero-order chi connectivity index (χ0) is 16.7. The Morgan fingerprint density at radius 3 is 3.04 bits per heavy atom. The Bertz CT molecular complexity index is 887. The highest BCUT2D eigenvalue weighted by atomic mass is 16.5. The van der Waals surface area contributed by atoms with E-state index in [4.69, 9.17) is 9.15 Å². The molecule has 1 aliphatic rings. The van der Waals surface area contributed by atoms with Crippen molar-refractivity contribution in [2.45, 2.75) is 25.5 Å². The number of amides is 1. The number of hydrogen-bond donors (Lipinski definition) is 0. The Morgan fingerprint density at radius 2 is 2.29 bits per heavy atom. The van der Waals surface area contributed by atoms with Gasteiger partial charge in [-0.05, 0) is 13.0 Å². The van der Waals surface area contributed by atoms with Gasteiger partial charge in [0.05, 0.1) is 30.2 Å². The average Bonchev–Trinajstić information content (AvgIpc) is 3.31. The lowest BCUT2D eigenvalue weighted by Gasteiger charge is -2.22. The number of ether oxygens (including phenoxy) is 1. The topological polar surface area (TPSA) is 85.8 Å². The lowest BCUT2D eigenvalue weighted by Crippen LogP contribution is -2.33. The number of rotatable bonds is 3. The summed E-state index contributed by atoms with van der Waals surface area (Å²) >= 11 is 0. The van der Waals surface area contributed by atoms with Crippen molar-refractivity contribution >= 4 is 11.6 Å². The maximum absolute atomic E-state index is 13.0. The molecule has 2 atom stereocenters. The smallest absolute Gasteiger partial charge is 0.258 e. The predicted octanol–water partition coefficient (Wildman–Crippen LogP) is 1.63. The molecule has 1 amide bonds. The van der Waals surface area contributed by atoms with Crippen molar-refractivity contribution in [3.05, 3.63) is 48.1 Å². The molecule has 3 aromatic heterocycles. The van der Waals surface area contributed by atoms with E-state index in [-0.39, 0.29) is 18.1 Å². The molecular formula is C16H17N5O3. The van der Waals surface area contributed by atoms with Gasteiger partial charge in [0.15, 0.2) is 11.5 Å². The number of methoxy groups -OCH3 is 1. The molecule has 24 heavy (non-hydrogen) atoms. The molecule has 3 aromatic rings. The van der Waals surface area contributed by atoms with E-state index in [1.807, 2.05) is 4.40 Å². The zero-order valence-corrected chi connectivity index (χ0v) is 13.4. The molecule has 124 valence electrons. The molecule has 4 heterocycles. The number of nitrogens with zero attached hydrogens (tertiary/aromatic N) is 5. The molecule has 0 aromatic carbocycles. The van der Waals surface area contributed by atoms with Crippen LogP contribution in [0, 0.1) is 6.92 Å². The van der Waals surface area contributed by atoms with Crippen LogP contribution < -0.4 is 0 Å². The predicted molar refractivity (Wildman–Crippen MR) is 83.4 cm³/mol. The van der Waals surface area contributed by atoms with Gasteiger partial charge in [-0.3, -0.25) is 14.2 Å². The first-order chi connectivity index (χ1) is 11.7. The molecule has 0 unspecified atom stereocenters. The molecule has 0 spiro atoms. The van der Waals surface area contributed by atoms with Gasteiger partial charge in [0.25, 0.3) is 5.91 Å². The van der Waals surface area contributed by atoms with Crippen molar-refractivity contribution in [2.24, 2.45) is 0 Å². The molecular weight excluding hydrogens is 310 g/mol. The van der Waals surface area contributed by atoms with E-state index in [0.717, 1.165) is 0 Å². The van der Waals surface area contributed by atoms with Gasteiger partial charge >= 0.3 is 0 Å². The number of carbonyl (C=O) groups is 1. The Balaban J connectivity index is 1.74. The van der Waals surface area contributed by atoms with Gasteiger partial charge in [-0.15, -0.1) is 10.2 Å². The summed E-state index contributed by atoms with van der Waals surface area (Å²) in [6.07, 6.45) is 7.28. The SMILES string of the molecule is CO[C@@H]1C[C@@H](c2nnc3cnccn23)N(C(=O)c2ccoc2C)C1. The van der Waals surface area contributed by atoms with Crippen LogP contribution in [0.3, 0.4) is 0 Å². The summed E-state index contributed by atoms with van der Waals surface area (Å²) < 4.78 is 12.6. The van der Waals surface area contributed by atoms with E-state index in [0.29, 0.717) is 35.8 Å². The molecule has 0 bridgehead atoms. The first-order valence-electron chi connectivity index (χ1n) is 7.71. The Hall–Kier alpha value is -2.74. The highest BCUT2D eigenvalue weighted by Crippen LogP contribution is 2.34. The molecule has 8 nitrogen and oxygen atoms in total. The van der Waals surface area contributed by atoms with Crippen molar-refractivity contribution in [1.29, 1.82) is 0 Å². The summed E-state index contributed by atoms with van der Waals surface area (Å²) in [7, 11) is 1.66. The van der Waals surface area contributed by atoms with E-state index in [2.05, 4.69) is 15.2 Å². The third-order valence-electron chi connectivity index (χ3n) is 4.48. The fourth-order valence-electron chi connectivity index (χ4n) is 3.20. The van der Waals surface area contributed by atoms with Crippen molar-refractivity contribution in [3.8, 4) is 0 Å². The van der Waals surface area contributed by atoms with Gasteiger partial charge in [0.1, 0.15) is 5.76 Å². The fraction of sp³-hybridized carbons (Fsp3) is 0.375. The van der Waals surface area contributed by atoms with Crippen LogP contribution in [0.15, 0.2) is 35.3 Å². The minimum atomic E-state index is -0.214. The Labute approximate surface area is 138 Å². The van der Waals surface area contributed by atoms with E-state index in [9.17, 15) is 4.79 Å². The average molecular weight is 327 g/mol. The Kier molecular flexibility index (Phi) is 3.53. The molecule has 0 radical (unpaired) electrons. The number of hydrogen-bond acceptors (Lipinski definition) is 6. The molecule has 1 aliphatic heterocycles. The number of aryl methyl sites for hydroxylation is 1. The summed E-state index contributed by atoms with van der Waals surface area (Å²) in [5.74, 6) is 1.23. The van der Waals surface area contributed by atoms with Gasteiger partial charge in [-0.2, -0.15) is 0 Å². The van der Waals surface area contributed by atoms with Crippen LogP contribution in [-0.2, 0) is 4.74 Å². The minimum Gasteiger partial charge on any atom is -0.469 e. The fourth-order valence-corrected chi connectivity index (χ4v) is 3.20. The highest BCUT2D eigenvalue weighted by Gasteiger charge is 2.40. The van der Waals surface area contributed by atoms with E-state index < -0.39 is 0 Å².